The van der Waals surface area contributed by atoms with Gasteiger partial charge in [0.25, 0.3) is 5.69 Å². The number of benzene rings is 2. The van der Waals surface area contributed by atoms with Crippen molar-refractivity contribution in [3.8, 4) is 5.75 Å². The molecule has 0 bridgehead atoms. The molecule has 118 valence electrons. The van der Waals surface area contributed by atoms with Gasteiger partial charge in [-0.25, -0.2) is 4.39 Å². The highest BCUT2D eigenvalue weighted by molar-refractivity contribution is 6.31. The van der Waals surface area contributed by atoms with Crippen LogP contribution in [0.1, 0.15) is 5.56 Å². The van der Waals surface area contributed by atoms with E-state index in [0.717, 1.165) is 18.3 Å². The van der Waals surface area contributed by atoms with Gasteiger partial charge in [0.2, 0.25) is 5.75 Å². The Bertz CT molecular complexity index is 841. The van der Waals surface area contributed by atoms with Gasteiger partial charge < -0.3 is 5.11 Å². The van der Waals surface area contributed by atoms with Crippen LogP contribution in [0.5, 0.6) is 5.75 Å². The van der Waals surface area contributed by atoms with Crippen molar-refractivity contribution in [1.82, 2.24) is 0 Å². The maximum atomic E-state index is 13.0. The fraction of sp³-hybridized carbons (Fsp3) is 0. The largest absolute Gasteiger partial charge is 0.502 e. The van der Waals surface area contributed by atoms with E-state index in [1.807, 2.05) is 0 Å². The Hall–Kier alpha value is -3.07. The summed E-state index contributed by atoms with van der Waals surface area (Å²) >= 11 is 5.58. The minimum atomic E-state index is -0.950. The predicted molar refractivity (Wildman–Crippen MR) is 80.1 cm³/mol. The maximum Gasteiger partial charge on any atom is 0.318 e. The van der Waals surface area contributed by atoms with E-state index < -0.39 is 32.8 Å². The molecule has 8 nitrogen and oxygen atoms in total. The number of rotatable bonds is 4. The molecule has 0 aliphatic carbocycles. The number of phenolic OH excluding ortho intramolecular Hbond substituents is 1. The van der Waals surface area contributed by atoms with Crippen LogP contribution in [0.25, 0.3) is 0 Å². The standard InChI is InChI=1S/C13H7ClFN3O5/c14-10-4-8(1-2-11(10)15)16-6-7-3-9(17(20)21)5-12(13(7)19)18(22)23/h1-6,19H. The third-order valence-corrected chi connectivity index (χ3v) is 3.06. The van der Waals surface area contributed by atoms with Crippen molar-refractivity contribution in [3.05, 3.63) is 67.0 Å². The number of phenols is 1. The van der Waals surface area contributed by atoms with Gasteiger partial charge in [-0.2, -0.15) is 0 Å². The minimum Gasteiger partial charge on any atom is -0.502 e. The number of halogens is 2. The molecule has 1 N–H and O–H groups in total. The lowest BCUT2D eigenvalue weighted by Crippen LogP contribution is -1.96. The van der Waals surface area contributed by atoms with Crippen LogP contribution < -0.4 is 0 Å². The molecule has 0 saturated carbocycles. The van der Waals surface area contributed by atoms with Crippen molar-refractivity contribution >= 4 is 34.9 Å². The van der Waals surface area contributed by atoms with Crippen molar-refractivity contribution in [1.29, 1.82) is 0 Å². The van der Waals surface area contributed by atoms with Crippen LogP contribution in [-0.2, 0) is 0 Å². The SMILES string of the molecule is O=[N+]([O-])c1cc(C=Nc2ccc(F)c(Cl)c2)c(O)c([N+](=O)[O-])c1. The Morgan fingerprint density at radius 2 is 1.87 bits per heavy atom. The first-order chi connectivity index (χ1) is 10.8. The average Bonchev–Trinajstić information content (AvgIpc) is 2.49. The second-order valence-electron chi connectivity index (χ2n) is 4.27. The van der Waals surface area contributed by atoms with E-state index in [4.69, 9.17) is 11.6 Å². The number of hydrogen-bond acceptors (Lipinski definition) is 6. The molecule has 2 aromatic carbocycles. The van der Waals surface area contributed by atoms with E-state index in [1.165, 1.54) is 12.1 Å². The van der Waals surface area contributed by atoms with E-state index in [2.05, 4.69) is 4.99 Å². The Balaban J connectivity index is 2.49. The van der Waals surface area contributed by atoms with Crippen molar-refractivity contribution in [2.45, 2.75) is 0 Å². The van der Waals surface area contributed by atoms with E-state index in [1.54, 1.807) is 0 Å². The number of nitrogens with zero attached hydrogens (tertiary/aromatic N) is 3. The van der Waals surface area contributed by atoms with Crippen LogP contribution in [0.3, 0.4) is 0 Å². The molecule has 0 radical (unpaired) electrons. The summed E-state index contributed by atoms with van der Waals surface area (Å²) in [6.45, 7) is 0. The van der Waals surface area contributed by atoms with Crippen LogP contribution in [0.4, 0.5) is 21.5 Å². The minimum absolute atomic E-state index is 0.186. The number of non-ortho nitro benzene ring substituents is 1. The highest BCUT2D eigenvalue weighted by atomic mass is 35.5. The van der Waals surface area contributed by atoms with Crippen LogP contribution >= 0.6 is 11.6 Å². The van der Waals surface area contributed by atoms with Gasteiger partial charge in [0.05, 0.1) is 26.6 Å². The molecule has 0 aromatic heterocycles. The quantitative estimate of drug-likeness (QED) is 0.516. The highest BCUT2D eigenvalue weighted by Crippen LogP contribution is 2.33. The van der Waals surface area contributed by atoms with Gasteiger partial charge in [-0.3, -0.25) is 25.2 Å². The smallest absolute Gasteiger partial charge is 0.318 e. The first-order valence-corrected chi connectivity index (χ1v) is 6.32. The van der Waals surface area contributed by atoms with Gasteiger partial charge in [0.1, 0.15) is 5.82 Å². The Morgan fingerprint density at radius 1 is 1.17 bits per heavy atom. The molecule has 10 heteroatoms. The molecule has 0 atom stereocenters. The number of nitro groups is 2. The van der Waals surface area contributed by atoms with Gasteiger partial charge in [0.15, 0.2) is 0 Å². The van der Waals surface area contributed by atoms with Gasteiger partial charge in [-0.05, 0) is 18.2 Å². The number of aromatic hydroxyl groups is 1. The number of aliphatic imine (C=N–C) groups is 1. The summed E-state index contributed by atoms with van der Waals surface area (Å²) in [5.74, 6) is -1.42. The van der Waals surface area contributed by atoms with Gasteiger partial charge in [-0.1, -0.05) is 11.6 Å². The van der Waals surface area contributed by atoms with E-state index in [9.17, 15) is 29.7 Å². The number of hydrogen-bond donors (Lipinski definition) is 1. The molecule has 0 fully saturated rings. The van der Waals surface area contributed by atoms with Crippen molar-refractivity contribution in [2.24, 2.45) is 4.99 Å². The van der Waals surface area contributed by atoms with Crippen molar-refractivity contribution < 1.29 is 19.3 Å². The van der Waals surface area contributed by atoms with E-state index in [-0.39, 0.29) is 16.3 Å². The molecular formula is C13H7ClFN3O5. The Morgan fingerprint density at radius 3 is 2.43 bits per heavy atom. The Kier molecular flexibility index (Phi) is 4.51. The lowest BCUT2D eigenvalue weighted by molar-refractivity contribution is -0.394. The monoisotopic (exact) mass is 339 g/mol. The number of nitro benzene ring substituents is 2. The summed E-state index contributed by atoms with van der Waals surface area (Å²) < 4.78 is 13.0. The second kappa shape index (κ2) is 6.36. The summed E-state index contributed by atoms with van der Waals surface area (Å²) in [6.07, 6.45) is 0.985. The lowest BCUT2D eigenvalue weighted by Gasteiger charge is -2.01. The molecule has 0 aliphatic rings. The molecule has 23 heavy (non-hydrogen) atoms. The fourth-order valence-electron chi connectivity index (χ4n) is 1.68. The summed E-state index contributed by atoms with van der Waals surface area (Å²) in [6, 6.07) is 5.10. The summed E-state index contributed by atoms with van der Waals surface area (Å²) in [5.41, 5.74) is -1.43. The normalized spacial score (nSPS) is 10.9. The summed E-state index contributed by atoms with van der Waals surface area (Å²) in [7, 11) is 0. The van der Waals surface area contributed by atoms with Crippen molar-refractivity contribution in [2.75, 3.05) is 0 Å². The second-order valence-corrected chi connectivity index (χ2v) is 4.68. The summed E-state index contributed by atoms with van der Waals surface area (Å²) in [5, 5.41) is 31.2. The van der Waals surface area contributed by atoms with Crippen molar-refractivity contribution in [3.63, 3.8) is 0 Å². The zero-order valence-corrected chi connectivity index (χ0v) is 11.9. The zero-order valence-electron chi connectivity index (χ0n) is 11.1. The molecule has 0 amide bonds. The van der Waals surface area contributed by atoms with E-state index >= 15 is 0 Å². The average molecular weight is 340 g/mol. The highest BCUT2D eigenvalue weighted by Gasteiger charge is 2.23. The third-order valence-electron chi connectivity index (χ3n) is 2.77. The molecule has 0 spiro atoms. The first kappa shape index (κ1) is 16.3. The summed E-state index contributed by atoms with van der Waals surface area (Å²) in [4.78, 5) is 23.7. The molecule has 0 saturated heterocycles. The third kappa shape index (κ3) is 3.58. The molecule has 0 heterocycles. The molecule has 0 aliphatic heterocycles. The molecular weight excluding hydrogens is 333 g/mol. The van der Waals surface area contributed by atoms with Gasteiger partial charge in [-0.15, -0.1) is 0 Å². The molecule has 2 rings (SSSR count). The maximum absolute atomic E-state index is 13.0. The zero-order chi connectivity index (χ0) is 17.1. The fourth-order valence-corrected chi connectivity index (χ4v) is 1.85. The molecule has 2 aromatic rings. The van der Waals surface area contributed by atoms with Crippen LogP contribution in [0.15, 0.2) is 35.3 Å². The first-order valence-electron chi connectivity index (χ1n) is 5.94. The topological polar surface area (TPSA) is 119 Å². The van der Waals surface area contributed by atoms with E-state index in [0.29, 0.717) is 6.07 Å². The van der Waals surface area contributed by atoms with Crippen LogP contribution in [0.2, 0.25) is 5.02 Å². The predicted octanol–water partition coefficient (Wildman–Crippen LogP) is 3.75. The van der Waals surface area contributed by atoms with Crippen LogP contribution in [-0.4, -0.2) is 21.2 Å². The van der Waals surface area contributed by atoms with Gasteiger partial charge >= 0.3 is 5.69 Å². The Labute approximate surface area is 132 Å². The van der Waals surface area contributed by atoms with Crippen LogP contribution in [0, 0.1) is 26.0 Å². The lowest BCUT2D eigenvalue weighted by atomic mass is 10.1. The van der Waals surface area contributed by atoms with Gasteiger partial charge in [0, 0.05) is 17.8 Å². The molecule has 0 unspecified atom stereocenters.